The van der Waals surface area contributed by atoms with Crippen LogP contribution >= 0.6 is 0 Å². The van der Waals surface area contributed by atoms with E-state index < -0.39 is 0 Å². The summed E-state index contributed by atoms with van der Waals surface area (Å²) >= 11 is 0. The van der Waals surface area contributed by atoms with E-state index in [4.69, 9.17) is 4.74 Å². The summed E-state index contributed by atoms with van der Waals surface area (Å²) in [5.41, 5.74) is 3.21. The molecule has 0 amide bonds. The van der Waals surface area contributed by atoms with Crippen molar-refractivity contribution < 1.29 is 4.74 Å². The first kappa shape index (κ1) is 18.3. The monoisotopic (exact) mass is 371 g/mol. The van der Waals surface area contributed by atoms with Crippen molar-refractivity contribution in [2.24, 2.45) is 0 Å². The molecule has 1 aliphatic heterocycles. The highest BCUT2D eigenvalue weighted by atomic mass is 16.5. The van der Waals surface area contributed by atoms with Crippen LogP contribution in [0.4, 0.5) is 5.69 Å². The Morgan fingerprint density at radius 2 is 1.82 bits per heavy atom. The van der Waals surface area contributed by atoms with Crippen molar-refractivity contribution in [3.63, 3.8) is 0 Å². The van der Waals surface area contributed by atoms with Gasteiger partial charge in [-0.25, -0.2) is 0 Å². The lowest BCUT2D eigenvalue weighted by Crippen LogP contribution is -2.46. The van der Waals surface area contributed by atoms with E-state index in [0.29, 0.717) is 0 Å². The number of hydrogen-bond donors (Lipinski definition) is 1. The van der Waals surface area contributed by atoms with Gasteiger partial charge in [0.05, 0.1) is 24.9 Å². The molecule has 3 aromatic rings. The maximum absolute atomic E-state index is 9.49. The molecule has 1 aliphatic rings. The second-order valence-electron chi connectivity index (χ2n) is 7.21. The Bertz CT molecular complexity index is 991. The maximum atomic E-state index is 9.49. The van der Waals surface area contributed by atoms with Crippen LogP contribution in [-0.2, 0) is 6.42 Å². The molecule has 4 nitrogen and oxygen atoms in total. The lowest BCUT2D eigenvalue weighted by atomic mass is 10.0. The summed E-state index contributed by atoms with van der Waals surface area (Å²) in [4.78, 5) is 2.47. The first-order valence-electron chi connectivity index (χ1n) is 9.85. The highest BCUT2D eigenvalue weighted by Crippen LogP contribution is 2.31. The van der Waals surface area contributed by atoms with Crippen LogP contribution in [0.2, 0.25) is 0 Å². The molecule has 1 atom stereocenters. The van der Waals surface area contributed by atoms with E-state index in [-0.39, 0.29) is 6.17 Å². The van der Waals surface area contributed by atoms with Gasteiger partial charge in [0.1, 0.15) is 5.75 Å². The Hall–Kier alpha value is -3.03. The zero-order chi connectivity index (χ0) is 19.3. The summed E-state index contributed by atoms with van der Waals surface area (Å²) < 4.78 is 5.29. The van der Waals surface area contributed by atoms with Gasteiger partial charge in [0.2, 0.25) is 0 Å². The normalized spacial score (nSPS) is 17.1. The number of ether oxygens (including phenoxy) is 1. The molecule has 1 saturated heterocycles. The summed E-state index contributed by atoms with van der Waals surface area (Å²) in [7, 11) is 1.69. The van der Waals surface area contributed by atoms with Gasteiger partial charge in [0.15, 0.2) is 0 Å². The SMILES string of the molecule is COc1ccc(CC2NCCCCN2c2ccc(C#N)c3ccccc23)cc1. The van der Waals surface area contributed by atoms with E-state index in [2.05, 4.69) is 46.6 Å². The van der Waals surface area contributed by atoms with Crippen molar-refractivity contribution >= 4 is 16.5 Å². The molecule has 1 N–H and O–H groups in total. The molecule has 4 rings (SSSR count). The molecule has 28 heavy (non-hydrogen) atoms. The molecule has 1 unspecified atom stereocenters. The summed E-state index contributed by atoms with van der Waals surface area (Å²) in [5.74, 6) is 0.882. The zero-order valence-electron chi connectivity index (χ0n) is 16.2. The Morgan fingerprint density at radius 3 is 2.57 bits per heavy atom. The van der Waals surface area contributed by atoms with E-state index >= 15 is 0 Å². The molecule has 0 aromatic heterocycles. The standard InChI is InChI=1S/C24H25N3O/c1-28-20-11-8-18(9-12-20)16-24-26-14-4-5-15-27(24)23-13-10-19(17-25)21-6-2-3-7-22(21)23/h2-3,6-13,24,26H,4-5,14-16H2,1H3. The number of methoxy groups -OCH3 is 1. The number of nitrogens with zero attached hydrogens (tertiary/aromatic N) is 2. The van der Waals surface area contributed by atoms with Crippen molar-refractivity contribution in [2.45, 2.75) is 25.4 Å². The molecule has 0 radical (unpaired) electrons. The van der Waals surface area contributed by atoms with Crippen molar-refractivity contribution in [1.29, 1.82) is 5.26 Å². The van der Waals surface area contributed by atoms with Gasteiger partial charge in [0, 0.05) is 29.4 Å². The molecule has 1 fully saturated rings. The van der Waals surface area contributed by atoms with Crippen LogP contribution in [0.5, 0.6) is 5.75 Å². The third-order valence-electron chi connectivity index (χ3n) is 5.50. The first-order valence-corrected chi connectivity index (χ1v) is 9.85. The van der Waals surface area contributed by atoms with Crippen LogP contribution in [-0.4, -0.2) is 26.4 Å². The van der Waals surface area contributed by atoms with Gasteiger partial charge in [-0.3, -0.25) is 5.32 Å². The second-order valence-corrected chi connectivity index (χ2v) is 7.21. The molecular formula is C24H25N3O. The van der Waals surface area contributed by atoms with Gasteiger partial charge in [-0.2, -0.15) is 5.26 Å². The Balaban J connectivity index is 1.71. The second kappa shape index (κ2) is 8.33. The average Bonchev–Trinajstić information content (AvgIpc) is 2.99. The van der Waals surface area contributed by atoms with Gasteiger partial charge in [-0.05, 0) is 49.2 Å². The van der Waals surface area contributed by atoms with Crippen LogP contribution in [0.25, 0.3) is 10.8 Å². The predicted molar refractivity (Wildman–Crippen MR) is 114 cm³/mol. The summed E-state index contributed by atoms with van der Waals surface area (Å²) in [6, 6.07) is 22.9. The van der Waals surface area contributed by atoms with E-state index in [1.807, 2.05) is 30.3 Å². The molecule has 0 aliphatic carbocycles. The molecule has 0 saturated carbocycles. The molecular weight excluding hydrogens is 346 g/mol. The van der Waals surface area contributed by atoms with Gasteiger partial charge in [0.25, 0.3) is 0 Å². The number of fused-ring (bicyclic) bond motifs is 1. The number of benzene rings is 3. The van der Waals surface area contributed by atoms with Crippen molar-refractivity contribution in [2.75, 3.05) is 25.1 Å². The summed E-state index contributed by atoms with van der Waals surface area (Å²) in [5, 5.41) is 15.4. The quantitative estimate of drug-likeness (QED) is 0.735. The summed E-state index contributed by atoms with van der Waals surface area (Å²) in [6.45, 7) is 2.02. The third-order valence-corrected chi connectivity index (χ3v) is 5.50. The minimum absolute atomic E-state index is 0.215. The highest BCUT2D eigenvalue weighted by molar-refractivity contribution is 5.98. The van der Waals surface area contributed by atoms with Crippen LogP contribution < -0.4 is 15.0 Å². The van der Waals surface area contributed by atoms with E-state index in [1.54, 1.807) is 7.11 Å². The first-order chi connectivity index (χ1) is 13.8. The fourth-order valence-electron chi connectivity index (χ4n) is 4.03. The zero-order valence-corrected chi connectivity index (χ0v) is 16.2. The minimum Gasteiger partial charge on any atom is -0.497 e. The lowest BCUT2D eigenvalue weighted by Gasteiger charge is -2.33. The summed E-state index contributed by atoms with van der Waals surface area (Å²) in [6.07, 6.45) is 3.45. The van der Waals surface area contributed by atoms with Crippen LogP contribution in [0.15, 0.2) is 60.7 Å². The smallest absolute Gasteiger partial charge is 0.118 e. The number of hydrogen-bond acceptors (Lipinski definition) is 4. The van der Waals surface area contributed by atoms with Gasteiger partial charge < -0.3 is 9.64 Å². The third kappa shape index (κ3) is 3.67. The predicted octanol–water partition coefficient (Wildman–Crippen LogP) is 4.48. The number of nitriles is 1. The Labute approximate surface area is 166 Å². The lowest BCUT2D eigenvalue weighted by molar-refractivity contribution is 0.414. The minimum atomic E-state index is 0.215. The Kier molecular flexibility index (Phi) is 5.45. The van der Waals surface area contributed by atoms with Crippen LogP contribution in [0, 0.1) is 11.3 Å². The number of anilines is 1. The molecule has 0 spiro atoms. The van der Waals surface area contributed by atoms with Crippen molar-refractivity contribution in [3.05, 3.63) is 71.8 Å². The molecule has 3 aromatic carbocycles. The number of nitrogens with one attached hydrogen (secondary N) is 1. The topological polar surface area (TPSA) is 48.3 Å². The van der Waals surface area contributed by atoms with Crippen LogP contribution in [0.3, 0.4) is 0 Å². The van der Waals surface area contributed by atoms with E-state index in [0.717, 1.165) is 48.0 Å². The number of rotatable bonds is 4. The van der Waals surface area contributed by atoms with Crippen molar-refractivity contribution in [3.8, 4) is 11.8 Å². The molecule has 4 heteroatoms. The van der Waals surface area contributed by atoms with Gasteiger partial charge in [-0.1, -0.05) is 36.4 Å². The average molecular weight is 371 g/mol. The molecule has 142 valence electrons. The van der Waals surface area contributed by atoms with E-state index in [1.165, 1.54) is 17.7 Å². The fourth-order valence-corrected chi connectivity index (χ4v) is 4.03. The maximum Gasteiger partial charge on any atom is 0.118 e. The highest BCUT2D eigenvalue weighted by Gasteiger charge is 2.23. The Morgan fingerprint density at radius 1 is 1.04 bits per heavy atom. The van der Waals surface area contributed by atoms with Gasteiger partial charge >= 0.3 is 0 Å². The van der Waals surface area contributed by atoms with Crippen molar-refractivity contribution in [1.82, 2.24) is 5.32 Å². The van der Waals surface area contributed by atoms with Crippen LogP contribution in [0.1, 0.15) is 24.0 Å². The largest absolute Gasteiger partial charge is 0.497 e. The van der Waals surface area contributed by atoms with Gasteiger partial charge in [-0.15, -0.1) is 0 Å². The molecule has 0 bridgehead atoms. The fraction of sp³-hybridized carbons (Fsp3) is 0.292. The van der Waals surface area contributed by atoms with E-state index in [9.17, 15) is 5.26 Å². The molecule has 1 heterocycles.